The molecule has 2 fully saturated rings. The summed E-state index contributed by atoms with van der Waals surface area (Å²) in [6.07, 6.45) is 4.95. The van der Waals surface area contributed by atoms with Crippen molar-refractivity contribution in [1.29, 1.82) is 0 Å². The Morgan fingerprint density at radius 2 is 1.69 bits per heavy atom. The van der Waals surface area contributed by atoms with E-state index in [9.17, 15) is 18.0 Å². The number of ether oxygens (including phenoxy) is 2. The van der Waals surface area contributed by atoms with Crippen LogP contribution >= 0.6 is 11.3 Å². The molecular formula is C35H44F3N7O3S. The number of unbranched alkanes of at least 4 members (excludes halogenated alkanes) is 5. The number of carbonyl (C=O) groups is 1. The van der Waals surface area contributed by atoms with E-state index in [4.69, 9.17) is 9.72 Å². The van der Waals surface area contributed by atoms with Gasteiger partial charge in [0.1, 0.15) is 16.6 Å². The molecule has 1 aliphatic heterocycles. The lowest BCUT2D eigenvalue weighted by Gasteiger charge is -2.36. The van der Waals surface area contributed by atoms with E-state index >= 15 is 0 Å². The van der Waals surface area contributed by atoms with Crippen LogP contribution in [0.1, 0.15) is 75.8 Å². The Hall–Kier alpha value is -3.91. The number of nitrogens with one attached hydrogen (secondary N) is 1. The number of fused-ring (bicyclic) bond motifs is 1. The van der Waals surface area contributed by atoms with Crippen molar-refractivity contribution in [3.05, 3.63) is 41.4 Å². The topological polar surface area (TPSA) is 97.6 Å². The molecule has 0 amide bonds. The van der Waals surface area contributed by atoms with Crippen LogP contribution < -0.4 is 15.0 Å². The third-order valence-corrected chi connectivity index (χ3v) is 10.1. The molecule has 49 heavy (non-hydrogen) atoms. The number of esters is 1. The van der Waals surface area contributed by atoms with Gasteiger partial charge in [-0.25, -0.2) is 4.98 Å². The summed E-state index contributed by atoms with van der Waals surface area (Å²) in [6.45, 7) is 6.94. The number of carbonyl (C=O) groups excluding carboxylic acids is 1. The van der Waals surface area contributed by atoms with E-state index in [-0.39, 0.29) is 11.7 Å². The maximum absolute atomic E-state index is 12.8. The van der Waals surface area contributed by atoms with Crippen LogP contribution in [0.5, 0.6) is 5.75 Å². The van der Waals surface area contributed by atoms with E-state index in [1.165, 1.54) is 19.2 Å². The highest BCUT2D eigenvalue weighted by Crippen LogP contribution is 2.44. The van der Waals surface area contributed by atoms with E-state index in [1.54, 1.807) is 23.5 Å². The molecule has 6 rings (SSSR count). The highest BCUT2D eigenvalue weighted by atomic mass is 32.1. The molecule has 0 spiro atoms. The van der Waals surface area contributed by atoms with Crippen molar-refractivity contribution in [2.45, 2.75) is 83.5 Å². The minimum Gasteiger partial charge on any atom is -0.469 e. The van der Waals surface area contributed by atoms with Gasteiger partial charge >= 0.3 is 12.3 Å². The molecule has 1 N–H and O–H groups in total. The first-order chi connectivity index (χ1) is 23.7. The van der Waals surface area contributed by atoms with Crippen molar-refractivity contribution in [2.24, 2.45) is 0 Å². The Labute approximate surface area is 288 Å². The molecule has 0 bridgehead atoms. The molecule has 264 valence electrons. The summed E-state index contributed by atoms with van der Waals surface area (Å²) in [5.41, 5.74) is 4.55. The van der Waals surface area contributed by atoms with Gasteiger partial charge in [0.15, 0.2) is 0 Å². The minimum absolute atomic E-state index is 0.142. The lowest BCUT2D eigenvalue weighted by Crippen LogP contribution is -2.46. The lowest BCUT2D eigenvalue weighted by atomic mass is 10.1. The van der Waals surface area contributed by atoms with Crippen LogP contribution in [0, 0.1) is 0 Å². The fraction of sp³-hybridized carbons (Fsp3) is 0.543. The molecule has 2 aromatic heterocycles. The van der Waals surface area contributed by atoms with Gasteiger partial charge in [-0.1, -0.05) is 43.9 Å². The number of anilines is 3. The molecule has 14 heteroatoms. The Morgan fingerprint density at radius 1 is 0.980 bits per heavy atom. The van der Waals surface area contributed by atoms with Gasteiger partial charge in [-0.3, -0.25) is 4.79 Å². The number of likely N-dealkylation sites (N-methyl/N-ethyl adjacent to an activating group) is 1. The van der Waals surface area contributed by atoms with E-state index in [1.807, 2.05) is 0 Å². The number of rotatable bonds is 16. The second-order valence-electron chi connectivity index (χ2n) is 12.7. The van der Waals surface area contributed by atoms with Crippen LogP contribution in [0.3, 0.4) is 0 Å². The van der Waals surface area contributed by atoms with Crippen molar-refractivity contribution < 1.29 is 27.4 Å². The smallest absolute Gasteiger partial charge is 0.469 e. The number of piperazine rings is 1. The van der Waals surface area contributed by atoms with Crippen molar-refractivity contribution in [1.82, 2.24) is 24.6 Å². The van der Waals surface area contributed by atoms with Gasteiger partial charge in [0.25, 0.3) is 0 Å². The second kappa shape index (κ2) is 15.8. The van der Waals surface area contributed by atoms with Gasteiger partial charge in [0, 0.05) is 50.6 Å². The summed E-state index contributed by atoms with van der Waals surface area (Å²) >= 11 is 1.57. The lowest BCUT2D eigenvalue weighted by molar-refractivity contribution is -0.274. The molecule has 0 radical (unpaired) electrons. The maximum Gasteiger partial charge on any atom is 0.573 e. The summed E-state index contributed by atoms with van der Waals surface area (Å²) in [5.74, 6) is 0.336. The van der Waals surface area contributed by atoms with E-state index < -0.39 is 6.36 Å². The Kier molecular flexibility index (Phi) is 11.2. The summed E-state index contributed by atoms with van der Waals surface area (Å²) < 4.78 is 49.4. The highest BCUT2D eigenvalue weighted by Gasteiger charge is 2.32. The number of benzene rings is 2. The van der Waals surface area contributed by atoms with Crippen LogP contribution in [0.25, 0.3) is 22.4 Å². The molecule has 10 nitrogen and oxygen atoms in total. The number of nitrogens with zero attached hydrogens (tertiary/aromatic N) is 6. The molecule has 1 saturated heterocycles. The van der Waals surface area contributed by atoms with Crippen molar-refractivity contribution in [2.75, 3.05) is 50.1 Å². The van der Waals surface area contributed by atoms with Crippen LogP contribution in [-0.2, 0) is 16.0 Å². The van der Waals surface area contributed by atoms with Gasteiger partial charge in [-0.15, -0.1) is 23.4 Å². The van der Waals surface area contributed by atoms with Crippen LogP contribution in [0.4, 0.5) is 29.7 Å². The molecule has 2 aliphatic rings. The number of halogens is 3. The third kappa shape index (κ3) is 9.21. The van der Waals surface area contributed by atoms with Gasteiger partial charge in [0.05, 0.1) is 29.5 Å². The zero-order valence-corrected chi connectivity index (χ0v) is 28.9. The van der Waals surface area contributed by atoms with Gasteiger partial charge < -0.3 is 29.2 Å². The number of methoxy groups -OCH3 is 1. The average molecular weight is 700 g/mol. The monoisotopic (exact) mass is 699 g/mol. The molecule has 4 aromatic rings. The van der Waals surface area contributed by atoms with Crippen LogP contribution in [0.15, 0.2) is 36.4 Å². The fourth-order valence-electron chi connectivity index (χ4n) is 6.38. The number of imidazole rings is 1. The Morgan fingerprint density at radius 3 is 2.37 bits per heavy atom. The van der Waals surface area contributed by atoms with E-state index in [0.29, 0.717) is 12.5 Å². The molecule has 2 aromatic carbocycles. The number of hydrogen-bond acceptors (Lipinski definition) is 10. The molecule has 1 aliphatic carbocycles. The number of aromatic nitrogens is 4. The molecule has 1 saturated carbocycles. The Bertz CT molecular complexity index is 1700. The summed E-state index contributed by atoms with van der Waals surface area (Å²) in [7, 11) is 1.43. The SMILES string of the molecule is CCN1CCN(c2cc3c(cc2Nc2nnc(CCCCCCCCC(=O)OC)s2)nc(-c2ccc(OC(F)(F)F)cc2)n3C2CC2)CC1. The van der Waals surface area contributed by atoms with Crippen LogP contribution in [0.2, 0.25) is 0 Å². The fourth-order valence-corrected chi connectivity index (χ4v) is 7.18. The predicted octanol–water partition coefficient (Wildman–Crippen LogP) is 8.12. The first-order valence-electron chi connectivity index (χ1n) is 17.3. The van der Waals surface area contributed by atoms with Crippen LogP contribution in [-0.4, -0.2) is 76.8 Å². The molecular weight excluding hydrogens is 655 g/mol. The number of alkyl halides is 3. The second-order valence-corrected chi connectivity index (χ2v) is 13.8. The largest absolute Gasteiger partial charge is 0.573 e. The summed E-state index contributed by atoms with van der Waals surface area (Å²) in [4.78, 5) is 21.2. The van der Waals surface area contributed by atoms with Gasteiger partial charge in [0.2, 0.25) is 5.13 Å². The Balaban J connectivity index is 1.20. The quantitative estimate of drug-likeness (QED) is 0.0919. The average Bonchev–Trinajstić information content (AvgIpc) is 3.72. The molecule has 0 unspecified atom stereocenters. The zero-order chi connectivity index (χ0) is 34.4. The molecule has 3 heterocycles. The normalized spacial score (nSPS) is 15.6. The van der Waals surface area contributed by atoms with Gasteiger partial charge in [-0.05, 0) is 68.6 Å². The summed E-state index contributed by atoms with van der Waals surface area (Å²) in [5, 5.41) is 14.2. The van der Waals surface area contributed by atoms with E-state index in [2.05, 4.69) is 53.7 Å². The zero-order valence-electron chi connectivity index (χ0n) is 28.1. The first kappa shape index (κ1) is 34.9. The number of aryl methyl sites for hydroxylation is 1. The number of hydrogen-bond donors (Lipinski definition) is 1. The van der Waals surface area contributed by atoms with E-state index in [0.717, 1.165) is 134 Å². The van der Waals surface area contributed by atoms with Crippen molar-refractivity contribution in [3.63, 3.8) is 0 Å². The molecule has 0 atom stereocenters. The van der Waals surface area contributed by atoms with Gasteiger partial charge in [-0.2, -0.15) is 0 Å². The first-order valence-corrected chi connectivity index (χ1v) is 18.1. The maximum atomic E-state index is 12.8. The predicted molar refractivity (Wildman–Crippen MR) is 186 cm³/mol. The third-order valence-electron chi connectivity index (χ3n) is 9.18. The minimum atomic E-state index is -4.74. The van der Waals surface area contributed by atoms with Crippen molar-refractivity contribution >= 4 is 44.8 Å². The van der Waals surface area contributed by atoms with Crippen molar-refractivity contribution in [3.8, 4) is 17.1 Å². The summed E-state index contributed by atoms with van der Waals surface area (Å²) in [6, 6.07) is 10.5. The standard InChI is InChI=1S/C35H44F3N7O3S/c1-3-43-18-20-44(21-19-43)29-23-30-28(39-33(45(30)25-14-15-25)24-12-16-26(17-13-24)48-35(36,37)38)22-27(29)40-34-42-41-31(49-34)10-8-6-4-5-7-9-11-32(46)47-2/h12-13,16-17,22-23,25H,3-11,14-15,18-21H2,1-2H3,(H,40,42). The highest BCUT2D eigenvalue weighted by molar-refractivity contribution is 7.15.